The highest BCUT2D eigenvalue weighted by Gasteiger charge is 2.31. The van der Waals surface area contributed by atoms with Crippen LogP contribution in [0.4, 0.5) is 5.69 Å². The number of hydrogen-bond donors (Lipinski definition) is 0. The number of rotatable bonds is 1. The maximum absolute atomic E-state index is 13.3. The third-order valence-corrected chi connectivity index (χ3v) is 5.99. The molecule has 142 valence electrons. The van der Waals surface area contributed by atoms with Gasteiger partial charge in [0.25, 0.3) is 11.5 Å². The smallest absolute Gasteiger partial charge is 0.261 e. The van der Waals surface area contributed by atoms with Gasteiger partial charge in [0.15, 0.2) is 0 Å². The molecule has 0 spiro atoms. The Morgan fingerprint density at radius 3 is 2.86 bits per heavy atom. The predicted molar refractivity (Wildman–Crippen MR) is 110 cm³/mol. The van der Waals surface area contributed by atoms with Crippen molar-refractivity contribution in [2.75, 3.05) is 4.90 Å². The summed E-state index contributed by atoms with van der Waals surface area (Å²) in [5, 5.41) is 0.595. The van der Waals surface area contributed by atoms with Crippen LogP contribution in [-0.4, -0.2) is 21.5 Å². The molecule has 0 fully saturated rings. The van der Waals surface area contributed by atoms with Crippen LogP contribution in [0.25, 0.3) is 10.9 Å². The Balaban J connectivity index is 1.59. The zero-order valence-electron chi connectivity index (χ0n) is 16.0. The molecule has 0 bridgehead atoms. The molecule has 0 N–H and O–H groups in total. The third kappa shape index (κ3) is 2.65. The summed E-state index contributed by atoms with van der Waals surface area (Å²) in [4.78, 5) is 32.8. The summed E-state index contributed by atoms with van der Waals surface area (Å²) < 4.78 is 1.82. The van der Waals surface area contributed by atoms with Crippen LogP contribution in [0.1, 0.15) is 47.9 Å². The number of carbonyl (C=O) groups is 1. The minimum Gasteiger partial charge on any atom is -0.305 e. The van der Waals surface area contributed by atoms with Crippen LogP contribution in [0.5, 0.6) is 0 Å². The summed E-state index contributed by atoms with van der Waals surface area (Å²) in [6.07, 6.45) is 4.87. The first-order chi connectivity index (χ1) is 13.6. The standard InChI is InChI=1S/C23H23N3O2/c1-15-13-16-7-4-5-8-20(16)26(15)22(27)17-10-11-18-19(14-17)24-21-9-3-2-6-12-25(21)23(18)28/h4-5,7-8,10-11,14-15H,2-3,6,9,12-13H2,1H3. The SMILES string of the molecule is CC1Cc2ccccc2N1C(=O)c1ccc2c(=O)n3c(nc2c1)CCCCC3. The van der Waals surface area contributed by atoms with Crippen molar-refractivity contribution in [1.29, 1.82) is 0 Å². The van der Waals surface area contributed by atoms with Crippen molar-refractivity contribution in [3.63, 3.8) is 0 Å². The fraction of sp³-hybridized carbons (Fsp3) is 0.348. The van der Waals surface area contributed by atoms with Crippen LogP contribution < -0.4 is 10.5 Å². The summed E-state index contributed by atoms with van der Waals surface area (Å²) in [7, 11) is 0. The first kappa shape index (κ1) is 17.2. The highest BCUT2D eigenvalue weighted by molar-refractivity contribution is 6.09. The molecular formula is C23H23N3O2. The van der Waals surface area contributed by atoms with E-state index in [1.54, 1.807) is 18.2 Å². The maximum atomic E-state index is 13.3. The molecule has 28 heavy (non-hydrogen) atoms. The molecule has 5 nitrogen and oxygen atoms in total. The Hall–Kier alpha value is -2.95. The largest absolute Gasteiger partial charge is 0.305 e. The molecular weight excluding hydrogens is 350 g/mol. The van der Waals surface area contributed by atoms with Gasteiger partial charge >= 0.3 is 0 Å². The lowest BCUT2D eigenvalue weighted by Crippen LogP contribution is -2.35. The van der Waals surface area contributed by atoms with Crippen molar-refractivity contribution >= 4 is 22.5 Å². The number of amides is 1. The fourth-order valence-corrected chi connectivity index (χ4v) is 4.57. The molecule has 1 atom stereocenters. The molecule has 0 saturated carbocycles. The van der Waals surface area contributed by atoms with Gasteiger partial charge in [-0.3, -0.25) is 14.2 Å². The highest BCUT2D eigenvalue weighted by atomic mass is 16.2. The maximum Gasteiger partial charge on any atom is 0.261 e. The Bertz CT molecular complexity index is 1150. The van der Waals surface area contributed by atoms with Gasteiger partial charge < -0.3 is 4.90 Å². The molecule has 5 heteroatoms. The minimum absolute atomic E-state index is 0.0146. The van der Waals surface area contributed by atoms with Gasteiger partial charge in [0.2, 0.25) is 0 Å². The number of fused-ring (bicyclic) bond motifs is 3. The molecule has 3 heterocycles. The lowest BCUT2D eigenvalue weighted by molar-refractivity contribution is 0.0981. The molecule has 2 aliphatic rings. The third-order valence-electron chi connectivity index (χ3n) is 5.99. The second-order valence-electron chi connectivity index (χ2n) is 7.88. The first-order valence-corrected chi connectivity index (χ1v) is 10.1. The molecule has 0 saturated heterocycles. The number of nitrogens with zero attached hydrogens (tertiary/aromatic N) is 3. The van der Waals surface area contributed by atoms with E-state index in [4.69, 9.17) is 4.98 Å². The Morgan fingerprint density at radius 1 is 1.11 bits per heavy atom. The van der Waals surface area contributed by atoms with Crippen molar-refractivity contribution in [3.05, 3.63) is 69.8 Å². The second-order valence-corrected chi connectivity index (χ2v) is 7.88. The van der Waals surface area contributed by atoms with Crippen LogP contribution in [0.15, 0.2) is 47.3 Å². The van der Waals surface area contributed by atoms with Crippen LogP contribution in [0.3, 0.4) is 0 Å². The number of anilines is 1. The minimum atomic E-state index is -0.0313. The molecule has 1 unspecified atom stereocenters. The summed E-state index contributed by atoms with van der Waals surface area (Å²) in [6, 6.07) is 13.5. The van der Waals surface area contributed by atoms with Gasteiger partial charge in [0.1, 0.15) is 5.82 Å². The van der Waals surface area contributed by atoms with Gasteiger partial charge in [-0.15, -0.1) is 0 Å². The summed E-state index contributed by atoms with van der Waals surface area (Å²) in [5.41, 5.74) is 3.41. The van der Waals surface area contributed by atoms with E-state index >= 15 is 0 Å². The monoisotopic (exact) mass is 373 g/mol. The van der Waals surface area contributed by atoms with Crippen molar-refractivity contribution in [1.82, 2.24) is 9.55 Å². The van der Waals surface area contributed by atoms with Crippen molar-refractivity contribution < 1.29 is 4.79 Å². The van der Waals surface area contributed by atoms with E-state index in [1.807, 2.05) is 27.7 Å². The quantitative estimate of drug-likeness (QED) is 0.653. The molecule has 1 aromatic heterocycles. The zero-order chi connectivity index (χ0) is 19.3. The highest BCUT2D eigenvalue weighted by Crippen LogP contribution is 2.33. The van der Waals surface area contributed by atoms with E-state index in [0.717, 1.165) is 50.2 Å². The molecule has 5 rings (SSSR count). The summed E-state index contributed by atoms with van der Waals surface area (Å²) >= 11 is 0. The number of para-hydroxylation sites is 1. The molecule has 2 aromatic carbocycles. The Morgan fingerprint density at radius 2 is 1.96 bits per heavy atom. The van der Waals surface area contributed by atoms with Gasteiger partial charge in [-0.1, -0.05) is 24.6 Å². The van der Waals surface area contributed by atoms with Crippen LogP contribution >= 0.6 is 0 Å². The second kappa shape index (κ2) is 6.59. The Labute approximate surface area is 163 Å². The van der Waals surface area contributed by atoms with Gasteiger partial charge in [0, 0.05) is 30.3 Å². The average molecular weight is 373 g/mol. The Kier molecular flexibility index (Phi) is 4.04. The summed E-state index contributed by atoms with van der Waals surface area (Å²) in [5.74, 6) is 0.815. The van der Waals surface area contributed by atoms with E-state index in [0.29, 0.717) is 16.5 Å². The van der Waals surface area contributed by atoms with E-state index < -0.39 is 0 Å². The average Bonchev–Trinajstić information content (AvgIpc) is 2.86. The fourth-order valence-electron chi connectivity index (χ4n) is 4.57. The molecule has 0 radical (unpaired) electrons. The van der Waals surface area contributed by atoms with Gasteiger partial charge in [-0.2, -0.15) is 0 Å². The van der Waals surface area contributed by atoms with Gasteiger partial charge in [0.05, 0.1) is 10.9 Å². The molecule has 2 aliphatic heterocycles. The number of aromatic nitrogens is 2. The molecule has 0 aliphatic carbocycles. The normalized spacial score (nSPS) is 18.6. The van der Waals surface area contributed by atoms with Gasteiger partial charge in [-0.05, 0) is 56.0 Å². The summed E-state index contributed by atoms with van der Waals surface area (Å²) in [6.45, 7) is 2.81. The number of aryl methyl sites for hydroxylation is 1. The number of hydrogen-bond acceptors (Lipinski definition) is 3. The number of benzene rings is 2. The van der Waals surface area contributed by atoms with E-state index in [2.05, 4.69) is 13.0 Å². The van der Waals surface area contributed by atoms with E-state index in [1.165, 1.54) is 5.56 Å². The van der Waals surface area contributed by atoms with E-state index in [9.17, 15) is 9.59 Å². The van der Waals surface area contributed by atoms with E-state index in [-0.39, 0.29) is 17.5 Å². The lowest BCUT2D eigenvalue weighted by atomic mass is 10.1. The first-order valence-electron chi connectivity index (χ1n) is 10.1. The van der Waals surface area contributed by atoms with Crippen LogP contribution in [-0.2, 0) is 19.4 Å². The van der Waals surface area contributed by atoms with Crippen molar-refractivity contribution in [2.24, 2.45) is 0 Å². The topological polar surface area (TPSA) is 55.2 Å². The van der Waals surface area contributed by atoms with Gasteiger partial charge in [-0.25, -0.2) is 4.98 Å². The molecule has 1 amide bonds. The number of carbonyl (C=O) groups excluding carboxylic acids is 1. The zero-order valence-corrected chi connectivity index (χ0v) is 16.0. The predicted octanol–water partition coefficient (Wildman–Crippen LogP) is 3.71. The lowest BCUT2D eigenvalue weighted by Gasteiger charge is -2.23. The van der Waals surface area contributed by atoms with Crippen LogP contribution in [0.2, 0.25) is 0 Å². The van der Waals surface area contributed by atoms with Crippen molar-refractivity contribution in [3.8, 4) is 0 Å². The van der Waals surface area contributed by atoms with Crippen LogP contribution in [0, 0.1) is 0 Å². The molecule has 3 aromatic rings. The van der Waals surface area contributed by atoms with Crippen molar-refractivity contribution in [2.45, 2.75) is 51.6 Å².